The fourth-order valence-electron chi connectivity index (χ4n) is 3.82. The van der Waals surface area contributed by atoms with E-state index in [1.165, 1.54) is 11.9 Å². The van der Waals surface area contributed by atoms with Crippen LogP contribution in [0.4, 0.5) is 0 Å². The molecule has 1 atom stereocenters. The lowest BCUT2D eigenvalue weighted by Crippen LogP contribution is -2.50. The predicted molar refractivity (Wildman–Crippen MR) is 146 cm³/mol. The lowest BCUT2D eigenvalue weighted by molar-refractivity contribution is -0.140. The number of unbranched alkanes of at least 4 members (excludes halogenated alkanes) is 1. The highest BCUT2D eigenvalue weighted by Crippen LogP contribution is 2.22. The van der Waals surface area contributed by atoms with E-state index in [1.54, 1.807) is 25.1 Å². The molecule has 1 N–H and O–H groups in total. The van der Waals surface area contributed by atoms with Crippen LogP contribution in [0.25, 0.3) is 10.8 Å². The van der Waals surface area contributed by atoms with Gasteiger partial charge in [0.25, 0.3) is 0 Å². The number of carbonyl (C=O) groups is 2. The summed E-state index contributed by atoms with van der Waals surface area (Å²) in [5, 5.41) is 4.60. The van der Waals surface area contributed by atoms with Crippen LogP contribution in [-0.4, -0.2) is 55.6 Å². The third-order valence-electron chi connectivity index (χ3n) is 6.03. The van der Waals surface area contributed by atoms with Gasteiger partial charge in [0, 0.05) is 24.6 Å². The minimum absolute atomic E-state index is 0.111. The molecule has 7 nitrogen and oxygen atoms in total. The van der Waals surface area contributed by atoms with Gasteiger partial charge in [-0.2, -0.15) is 4.31 Å². The molecule has 3 rings (SSSR count). The van der Waals surface area contributed by atoms with Crippen LogP contribution in [-0.2, 0) is 26.2 Å². The molecule has 0 aliphatic carbocycles. The molecular weight excluding hydrogens is 542 g/mol. The summed E-state index contributed by atoms with van der Waals surface area (Å²) in [6.07, 6.45) is 1.78. The number of sulfonamides is 1. The van der Waals surface area contributed by atoms with Gasteiger partial charge in [0.2, 0.25) is 21.8 Å². The number of hydrogen-bond donors (Lipinski definition) is 1. The Labute approximate surface area is 221 Å². The van der Waals surface area contributed by atoms with Crippen molar-refractivity contribution in [1.82, 2.24) is 14.5 Å². The van der Waals surface area contributed by atoms with Crippen molar-refractivity contribution in [3.8, 4) is 0 Å². The van der Waals surface area contributed by atoms with E-state index in [2.05, 4.69) is 21.2 Å². The van der Waals surface area contributed by atoms with Crippen molar-refractivity contribution < 1.29 is 18.0 Å². The third-order valence-corrected chi connectivity index (χ3v) is 8.32. The molecule has 0 fully saturated rings. The highest BCUT2D eigenvalue weighted by Gasteiger charge is 2.30. The van der Waals surface area contributed by atoms with Gasteiger partial charge in [0.05, 0.1) is 11.4 Å². The number of fused-ring (bicyclic) bond motifs is 1. The smallest absolute Gasteiger partial charge is 0.243 e. The molecule has 3 aromatic rings. The molecule has 3 aromatic carbocycles. The second kappa shape index (κ2) is 12.5. The summed E-state index contributed by atoms with van der Waals surface area (Å²) in [7, 11) is -2.54. The highest BCUT2D eigenvalue weighted by molar-refractivity contribution is 9.10. The first-order valence-corrected chi connectivity index (χ1v) is 14.1. The number of likely N-dealkylation sites (N-methyl/N-ethyl adjacent to an activating group) is 1. The van der Waals surface area contributed by atoms with E-state index >= 15 is 0 Å². The van der Waals surface area contributed by atoms with Crippen molar-refractivity contribution in [2.45, 2.75) is 44.2 Å². The Balaban J connectivity index is 1.82. The Hall–Kier alpha value is -2.75. The molecular formula is C27H32BrN3O4S. The van der Waals surface area contributed by atoms with Crippen LogP contribution in [0, 0.1) is 0 Å². The van der Waals surface area contributed by atoms with Gasteiger partial charge in [0.1, 0.15) is 6.04 Å². The molecule has 2 amide bonds. The zero-order valence-corrected chi connectivity index (χ0v) is 23.2. The summed E-state index contributed by atoms with van der Waals surface area (Å²) in [6, 6.07) is 19.1. The summed E-state index contributed by atoms with van der Waals surface area (Å²) >= 11 is 3.44. The number of halogens is 1. The van der Waals surface area contributed by atoms with Gasteiger partial charge in [-0.3, -0.25) is 9.59 Å². The van der Waals surface area contributed by atoms with Crippen LogP contribution < -0.4 is 5.32 Å². The molecule has 192 valence electrons. The van der Waals surface area contributed by atoms with E-state index in [0.29, 0.717) is 6.54 Å². The zero-order chi connectivity index (χ0) is 26.3. The number of rotatable bonds is 11. The van der Waals surface area contributed by atoms with Gasteiger partial charge in [0.15, 0.2) is 0 Å². The van der Waals surface area contributed by atoms with Gasteiger partial charge in [-0.25, -0.2) is 8.42 Å². The lowest BCUT2D eigenvalue weighted by Gasteiger charge is -2.30. The summed E-state index contributed by atoms with van der Waals surface area (Å²) in [5.41, 5.74) is 0.825. The minimum Gasteiger partial charge on any atom is -0.354 e. The van der Waals surface area contributed by atoms with E-state index in [9.17, 15) is 18.0 Å². The van der Waals surface area contributed by atoms with E-state index in [4.69, 9.17) is 0 Å². The number of nitrogens with one attached hydrogen (secondary N) is 1. The van der Waals surface area contributed by atoms with Gasteiger partial charge in [-0.15, -0.1) is 0 Å². The van der Waals surface area contributed by atoms with Crippen molar-refractivity contribution in [1.29, 1.82) is 0 Å². The van der Waals surface area contributed by atoms with Crippen molar-refractivity contribution >= 4 is 48.5 Å². The summed E-state index contributed by atoms with van der Waals surface area (Å²) < 4.78 is 28.5. The van der Waals surface area contributed by atoms with Gasteiger partial charge >= 0.3 is 0 Å². The molecule has 0 saturated heterocycles. The molecule has 0 aliphatic rings. The minimum atomic E-state index is -3.92. The summed E-state index contributed by atoms with van der Waals surface area (Å²) in [4.78, 5) is 27.8. The Morgan fingerprint density at radius 3 is 2.42 bits per heavy atom. The molecule has 9 heteroatoms. The summed E-state index contributed by atoms with van der Waals surface area (Å²) in [6.45, 7) is 3.99. The van der Waals surface area contributed by atoms with Crippen molar-refractivity contribution in [3.63, 3.8) is 0 Å². The Kier molecular flexibility index (Phi) is 9.64. The van der Waals surface area contributed by atoms with Crippen molar-refractivity contribution in [3.05, 3.63) is 76.8 Å². The van der Waals surface area contributed by atoms with E-state index < -0.39 is 28.5 Å². The van der Waals surface area contributed by atoms with Crippen LogP contribution in [0.3, 0.4) is 0 Å². The van der Waals surface area contributed by atoms with E-state index in [-0.39, 0.29) is 17.3 Å². The second-order valence-corrected chi connectivity index (χ2v) is 11.7. The zero-order valence-electron chi connectivity index (χ0n) is 20.8. The maximum atomic E-state index is 13.4. The molecule has 1 unspecified atom stereocenters. The van der Waals surface area contributed by atoms with Crippen LogP contribution in [0.1, 0.15) is 32.3 Å². The van der Waals surface area contributed by atoms with Crippen molar-refractivity contribution in [2.75, 3.05) is 20.1 Å². The van der Waals surface area contributed by atoms with Crippen LogP contribution in [0.15, 0.2) is 76.1 Å². The Morgan fingerprint density at radius 2 is 1.72 bits per heavy atom. The first kappa shape index (κ1) is 27.8. The average molecular weight is 575 g/mol. The molecule has 0 bridgehead atoms. The maximum absolute atomic E-state index is 13.4. The third kappa shape index (κ3) is 6.93. The number of carbonyl (C=O) groups excluding carboxylic acids is 2. The number of nitrogens with zero attached hydrogens (tertiary/aromatic N) is 2. The Bertz CT molecular complexity index is 1330. The fourth-order valence-corrected chi connectivity index (χ4v) is 5.43. The van der Waals surface area contributed by atoms with E-state index in [0.717, 1.165) is 38.0 Å². The van der Waals surface area contributed by atoms with Gasteiger partial charge in [-0.05, 0) is 53.9 Å². The number of hydrogen-bond acceptors (Lipinski definition) is 4. The molecule has 0 spiro atoms. The standard InChI is InChI=1S/C27H32BrN3O4S/c1-4-5-15-29-27(33)20(2)31(18-21-9-8-12-24(28)16-21)26(32)19-30(3)36(34,35)25-14-13-22-10-6-7-11-23(22)17-25/h6-14,16-17,20H,4-5,15,18-19H2,1-3H3,(H,29,33). The topological polar surface area (TPSA) is 86.8 Å². The molecule has 0 aromatic heterocycles. The maximum Gasteiger partial charge on any atom is 0.243 e. The molecule has 0 saturated carbocycles. The molecule has 36 heavy (non-hydrogen) atoms. The monoisotopic (exact) mass is 573 g/mol. The SMILES string of the molecule is CCCCNC(=O)C(C)N(Cc1cccc(Br)c1)C(=O)CN(C)S(=O)(=O)c1ccc2ccccc2c1. The molecule has 0 aliphatic heterocycles. The normalized spacial score (nSPS) is 12.5. The van der Waals surface area contributed by atoms with Crippen molar-refractivity contribution in [2.24, 2.45) is 0 Å². The first-order valence-electron chi connectivity index (χ1n) is 11.9. The number of benzene rings is 3. The Morgan fingerprint density at radius 1 is 1.00 bits per heavy atom. The average Bonchev–Trinajstić information content (AvgIpc) is 2.86. The number of amides is 2. The predicted octanol–water partition coefficient (Wildman–Crippen LogP) is 4.56. The van der Waals surface area contributed by atoms with Crippen LogP contribution >= 0.6 is 15.9 Å². The fraction of sp³-hybridized carbons (Fsp3) is 0.333. The van der Waals surface area contributed by atoms with Crippen LogP contribution in [0.2, 0.25) is 0 Å². The molecule has 0 heterocycles. The second-order valence-electron chi connectivity index (χ2n) is 8.74. The quantitative estimate of drug-likeness (QED) is 0.341. The summed E-state index contributed by atoms with van der Waals surface area (Å²) in [5.74, 6) is -0.730. The largest absolute Gasteiger partial charge is 0.354 e. The molecule has 0 radical (unpaired) electrons. The van der Waals surface area contributed by atoms with Gasteiger partial charge < -0.3 is 10.2 Å². The first-order chi connectivity index (χ1) is 17.1. The lowest BCUT2D eigenvalue weighted by atomic mass is 10.1. The van der Waals surface area contributed by atoms with E-state index in [1.807, 2.05) is 55.5 Å². The van der Waals surface area contributed by atoms with Crippen LogP contribution in [0.5, 0.6) is 0 Å². The van der Waals surface area contributed by atoms with Gasteiger partial charge in [-0.1, -0.05) is 71.7 Å². The highest BCUT2D eigenvalue weighted by atomic mass is 79.9.